The number of hydrogen-bond donors (Lipinski definition) is 1. The molecule has 5 heteroatoms. The van der Waals surface area contributed by atoms with E-state index in [4.69, 9.17) is 0 Å². The van der Waals surface area contributed by atoms with Crippen molar-refractivity contribution in [2.75, 3.05) is 0 Å². The van der Waals surface area contributed by atoms with Crippen molar-refractivity contribution in [3.05, 3.63) is 93.8 Å². The van der Waals surface area contributed by atoms with Gasteiger partial charge >= 0.3 is 0 Å². The minimum absolute atomic E-state index is 0.0205. The third kappa shape index (κ3) is 3.48. The van der Waals surface area contributed by atoms with Crippen LogP contribution in [0.5, 0.6) is 0 Å². The minimum Gasteiger partial charge on any atom is -0.307 e. The molecule has 0 aliphatic rings. The molecule has 1 atom stereocenters. The SMILES string of the molecule is Cc1ccc2nc(CNC(c3ccc(F)cc3)c3cccs3)cn2c1. The van der Waals surface area contributed by atoms with Crippen molar-refractivity contribution in [1.82, 2.24) is 14.7 Å². The molecule has 4 rings (SSSR count). The zero-order valence-corrected chi connectivity index (χ0v) is 14.6. The summed E-state index contributed by atoms with van der Waals surface area (Å²) >= 11 is 1.69. The van der Waals surface area contributed by atoms with Gasteiger partial charge in [0.2, 0.25) is 0 Å². The molecular formula is C20H18FN3S. The lowest BCUT2D eigenvalue weighted by Gasteiger charge is -2.17. The number of nitrogens with zero attached hydrogens (tertiary/aromatic N) is 2. The standard InChI is InChI=1S/C20H18FN3S/c1-14-4-9-19-23-17(13-24(19)12-14)11-22-20(18-3-2-10-25-18)15-5-7-16(21)8-6-15/h2-10,12-13,20,22H,11H2,1H3. The van der Waals surface area contributed by atoms with Crippen LogP contribution in [0.2, 0.25) is 0 Å². The number of imidazole rings is 1. The summed E-state index contributed by atoms with van der Waals surface area (Å²) in [5, 5.41) is 5.62. The van der Waals surface area contributed by atoms with Crippen molar-refractivity contribution in [3.63, 3.8) is 0 Å². The van der Waals surface area contributed by atoms with Crippen LogP contribution in [0.1, 0.15) is 27.7 Å². The molecule has 0 bridgehead atoms. The topological polar surface area (TPSA) is 29.3 Å². The summed E-state index contributed by atoms with van der Waals surface area (Å²) < 4.78 is 15.3. The fourth-order valence-electron chi connectivity index (χ4n) is 2.94. The number of fused-ring (bicyclic) bond motifs is 1. The number of aromatic nitrogens is 2. The number of hydrogen-bond acceptors (Lipinski definition) is 3. The molecule has 0 saturated heterocycles. The normalized spacial score (nSPS) is 12.6. The largest absolute Gasteiger partial charge is 0.307 e. The lowest BCUT2D eigenvalue weighted by molar-refractivity contribution is 0.599. The molecule has 0 aliphatic heterocycles. The second kappa shape index (κ2) is 6.78. The molecule has 1 N–H and O–H groups in total. The van der Waals surface area contributed by atoms with Crippen molar-refractivity contribution < 1.29 is 4.39 Å². The number of rotatable bonds is 5. The molecule has 126 valence electrons. The Morgan fingerprint density at radius 1 is 1.12 bits per heavy atom. The van der Waals surface area contributed by atoms with Crippen LogP contribution < -0.4 is 5.32 Å². The Bertz CT molecular complexity index is 974. The Morgan fingerprint density at radius 2 is 1.96 bits per heavy atom. The molecule has 3 heterocycles. The van der Waals surface area contributed by atoms with Gasteiger partial charge in [-0.25, -0.2) is 9.37 Å². The third-order valence-corrected chi connectivity index (χ3v) is 5.10. The van der Waals surface area contributed by atoms with Crippen molar-refractivity contribution >= 4 is 17.0 Å². The second-order valence-corrected chi connectivity index (χ2v) is 7.06. The van der Waals surface area contributed by atoms with Crippen LogP contribution in [-0.2, 0) is 6.54 Å². The summed E-state index contributed by atoms with van der Waals surface area (Å²) in [6.45, 7) is 2.71. The van der Waals surface area contributed by atoms with Gasteiger partial charge in [0.25, 0.3) is 0 Å². The predicted octanol–water partition coefficient (Wildman–Crippen LogP) is 4.72. The molecular weight excluding hydrogens is 333 g/mol. The molecule has 0 radical (unpaired) electrons. The van der Waals surface area contributed by atoms with Gasteiger partial charge in [-0.3, -0.25) is 5.32 Å². The van der Waals surface area contributed by atoms with Gasteiger partial charge in [0, 0.05) is 23.8 Å². The van der Waals surface area contributed by atoms with E-state index >= 15 is 0 Å². The highest BCUT2D eigenvalue weighted by Gasteiger charge is 2.15. The van der Waals surface area contributed by atoms with Crippen LogP contribution in [-0.4, -0.2) is 9.38 Å². The highest BCUT2D eigenvalue weighted by atomic mass is 32.1. The van der Waals surface area contributed by atoms with Gasteiger partial charge in [-0.05, 0) is 47.7 Å². The lowest BCUT2D eigenvalue weighted by Crippen LogP contribution is -2.21. The first-order valence-corrected chi connectivity index (χ1v) is 9.03. The lowest BCUT2D eigenvalue weighted by atomic mass is 10.1. The monoisotopic (exact) mass is 351 g/mol. The average Bonchev–Trinajstić information content (AvgIpc) is 3.26. The number of nitrogens with one attached hydrogen (secondary N) is 1. The second-order valence-electron chi connectivity index (χ2n) is 6.09. The van der Waals surface area contributed by atoms with E-state index < -0.39 is 0 Å². The molecule has 4 aromatic rings. The highest BCUT2D eigenvalue weighted by Crippen LogP contribution is 2.26. The Hall–Kier alpha value is -2.50. The number of aryl methyl sites for hydroxylation is 1. The maximum Gasteiger partial charge on any atom is 0.137 e. The van der Waals surface area contributed by atoms with Gasteiger partial charge in [0.15, 0.2) is 0 Å². The molecule has 0 saturated carbocycles. The number of halogens is 1. The summed E-state index contributed by atoms with van der Waals surface area (Å²) in [5.74, 6) is -0.218. The first-order chi connectivity index (χ1) is 12.2. The average molecular weight is 351 g/mol. The quantitative estimate of drug-likeness (QED) is 0.564. The van der Waals surface area contributed by atoms with Gasteiger partial charge in [-0.15, -0.1) is 11.3 Å². The fourth-order valence-corrected chi connectivity index (χ4v) is 3.77. The summed E-state index contributed by atoms with van der Waals surface area (Å²) in [6.07, 6.45) is 4.12. The summed E-state index contributed by atoms with van der Waals surface area (Å²) in [5.41, 5.74) is 4.17. The first kappa shape index (κ1) is 16.0. The summed E-state index contributed by atoms with van der Waals surface area (Å²) in [7, 11) is 0. The minimum atomic E-state index is -0.218. The zero-order valence-electron chi connectivity index (χ0n) is 13.8. The molecule has 0 amide bonds. The van der Waals surface area contributed by atoms with Gasteiger partial charge < -0.3 is 4.40 Å². The van der Waals surface area contributed by atoms with Crippen molar-refractivity contribution in [2.24, 2.45) is 0 Å². The highest BCUT2D eigenvalue weighted by molar-refractivity contribution is 7.10. The maximum atomic E-state index is 13.3. The Balaban J connectivity index is 1.58. The molecule has 1 aromatic carbocycles. The van der Waals surface area contributed by atoms with Gasteiger partial charge in [-0.2, -0.15) is 0 Å². The number of thiophene rings is 1. The Labute approximate surface area is 149 Å². The molecule has 1 unspecified atom stereocenters. The molecule has 0 fully saturated rings. The zero-order chi connectivity index (χ0) is 17.2. The van der Waals surface area contributed by atoms with Gasteiger partial charge in [-0.1, -0.05) is 24.3 Å². The van der Waals surface area contributed by atoms with Crippen LogP contribution in [0.15, 0.2) is 66.3 Å². The van der Waals surface area contributed by atoms with Crippen LogP contribution in [0.25, 0.3) is 5.65 Å². The molecule has 3 aromatic heterocycles. The first-order valence-electron chi connectivity index (χ1n) is 8.15. The predicted molar refractivity (Wildman–Crippen MR) is 99.3 cm³/mol. The van der Waals surface area contributed by atoms with Crippen molar-refractivity contribution in [2.45, 2.75) is 19.5 Å². The van der Waals surface area contributed by atoms with Crippen molar-refractivity contribution in [3.8, 4) is 0 Å². The molecule has 25 heavy (non-hydrogen) atoms. The van der Waals surface area contributed by atoms with Crippen molar-refractivity contribution in [1.29, 1.82) is 0 Å². The van der Waals surface area contributed by atoms with E-state index in [1.54, 1.807) is 11.3 Å². The molecule has 0 aliphatic carbocycles. The van der Waals surface area contributed by atoms with E-state index in [0.717, 1.165) is 16.9 Å². The number of pyridine rings is 1. The Kier molecular flexibility index (Phi) is 4.34. The van der Waals surface area contributed by atoms with Crippen LogP contribution in [0.3, 0.4) is 0 Å². The smallest absolute Gasteiger partial charge is 0.137 e. The van der Waals surface area contributed by atoms with E-state index in [1.807, 2.05) is 34.9 Å². The van der Waals surface area contributed by atoms with Gasteiger partial charge in [0.05, 0.1) is 11.7 Å². The maximum absolute atomic E-state index is 13.3. The van der Waals surface area contributed by atoms with E-state index in [2.05, 4.69) is 40.9 Å². The van der Waals surface area contributed by atoms with Crippen LogP contribution in [0.4, 0.5) is 4.39 Å². The number of benzene rings is 1. The van der Waals surface area contributed by atoms with E-state index in [-0.39, 0.29) is 11.9 Å². The van der Waals surface area contributed by atoms with E-state index in [1.165, 1.54) is 22.6 Å². The Morgan fingerprint density at radius 3 is 2.72 bits per heavy atom. The van der Waals surface area contributed by atoms with E-state index in [9.17, 15) is 4.39 Å². The van der Waals surface area contributed by atoms with Gasteiger partial charge in [0.1, 0.15) is 11.5 Å². The summed E-state index contributed by atoms with van der Waals surface area (Å²) in [6, 6.07) is 14.9. The fraction of sp³-hybridized carbons (Fsp3) is 0.150. The van der Waals surface area contributed by atoms with E-state index in [0.29, 0.717) is 6.54 Å². The molecule has 0 spiro atoms. The summed E-state index contributed by atoms with van der Waals surface area (Å²) in [4.78, 5) is 5.86. The third-order valence-electron chi connectivity index (χ3n) is 4.17. The molecule has 3 nitrogen and oxygen atoms in total. The van der Waals surface area contributed by atoms with Crippen LogP contribution >= 0.6 is 11.3 Å². The van der Waals surface area contributed by atoms with Crippen LogP contribution in [0, 0.1) is 12.7 Å².